The summed E-state index contributed by atoms with van der Waals surface area (Å²) in [5.41, 5.74) is 1.89. The molecule has 0 aliphatic carbocycles. The van der Waals surface area contributed by atoms with Crippen LogP contribution in [0.2, 0.25) is 0 Å². The van der Waals surface area contributed by atoms with E-state index in [1.54, 1.807) is 19.4 Å². The molecule has 0 bridgehead atoms. The third-order valence-corrected chi connectivity index (χ3v) is 5.23. The van der Waals surface area contributed by atoms with E-state index in [2.05, 4.69) is 16.4 Å². The van der Waals surface area contributed by atoms with Gasteiger partial charge in [0.25, 0.3) is 5.91 Å². The smallest absolute Gasteiger partial charge is 0.254 e. The van der Waals surface area contributed by atoms with Gasteiger partial charge in [0.1, 0.15) is 17.3 Å². The zero-order valence-corrected chi connectivity index (χ0v) is 15.6. The molecule has 1 aromatic carbocycles. The second-order valence-electron chi connectivity index (χ2n) is 7.16. The molecule has 1 N–H and O–H groups in total. The molecule has 1 aromatic heterocycles. The molecule has 4 rings (SSSR count). The van der Waals surface area contributed by atoms with Crippen LogP contribution in [-0.2, 0) is 6.42 Å². The topological polar surface area (TPSA) is 63.7 Å². The summed E-state index contributed by atoms with van der Waals surface area (Å²) in [5, 5.41) is 3.37. The number of likely N-dealkylation sites (tertiary alicyclic amines) is 1. The van der Waals surface area contributed by atoms with Crippen LogP contribution in [0, 0.1) is 5.92 Å². The summed E-state index contributed by atoms with van der Waals surface area (Å²) in [6, 6.07) is 9.61. The second kappa shape index (κ2) is 7.86. The molecular formula is C21H25N3O3. The van der Waals surface area contributed by atoms with Crippen molar-refractivity contribution >= 4 is 11.7 Å². The highest BCUT2D eigenvalue weighted by molar-refractivity contribution is 5.95. The molecule has 6 heteroatoms. The van der Waals surface area contributed by atoms with E-state index in [0.717, 1.165) is 56.2 Å². The minimum absolute atomic E-state index is 0.0989. The summed E-state index contributed by atoms with van der Waals surface area (Å²) in [4.78, 5) is 18.8. The molecule has 1 saturated heterocycles. The summed E-state index contributed by atoms with van der Waals surface area (Å²) in [5.74, 6) is 2.91. The van der Waals surface area contributed by atoms with E-state index >= 15 is 0 Å². The lowest BCUT2D eigenvalue weighted by Gasteiger charge is -2.26. The lowest BCUT2D eigenvalue weighted by molar-refractivity contribution is 0.0792. The Morgan fingerprint density at radius 2 is 2.15 bits per heavy atom. The summed E-state index contributed by atoms with van der Waals surface area (Å²) < 4.78 is 11.1. The summed E-state index contributed by atoms with van der Waals surface area (Å²) in [7, 11) is 1.66. The molecule has 1 fully saturated rings. The first-order valence-corrected chi connectivity index (χ1v) is 9.52. The first kappa shape index (κ1) is 17.6. The Bertz CT molecular complexity index is 818. The van der Waals surface area contributed by atoms with Gasteiger partial charge in [-0.2, -0.15) is 0 Å². The number of amides is 1. The Morgan fingerprint density at radius 1 is 1.30 bits per heavy atom. The third kappa shape index (κ3) is 3.99. The number of carbonyl (C=O) groups excluding carboxylic acids is 1. The fraction of sp³-hybridized carbons (Fsp3) is 0.429. The number of fused-ring (bicyclic) bond motifs is 1. The normalized spacial score (nSPS) is 18.6. The number of hydrogen-bond donors (Lipinski definition) is 1. The predicted molar refractivity (Wildman–Crippen MR) is 104 cm³/mol. The average Bonchev–Trinajstić information content (AvgIpc) is 3.26. The van der Waals surface area contributed by atoms with Crippen LogP contribution in [0.15, 0.2) is 36.5 Å². The van der Waals surface area contributed by atoms with E-state index in [4.69, 9.17) is 9.47 Å². The fourth-order valence-electron chi connectivity index (χ4n) is 3.69. The number of rotatable bonds is 5. The maximum Gasteiger partial charge on any atom is 0.254 e. The van der Waals surface area contributed by atoms with Crippen LogP contribution in [-0.4, -0.2) is 49.1 Å². The van der Waals surface area contributed by atoms with Crippen LogP contribution in [0.5, 0.6) is 11.5 Å². The van der Waals surface area contributed by atoms with Gasteiger partial charge >= 0.3 is 0 Å². The van der Waals surface area contributed by atoms with Crippen molar-refractivity contribution in [2.45, 2.75) is 19.3 Å². The molecule has 1 unspecified atom stereocenters. The van der Waals surface area contributed by atoms with Crippen LogP contribution >= 0.6 is 0 Å². The van der Waals surface area contributed by atoms with Gasteiger partial charge in [0.2, 0.25) is 0 Å². The van der Waals surface area contributed by atoms with Crippen LogP contribution in [0.4, 0.5) is 5.82 Å². The van der Waals surface area contributed by atoms with Crippen LogP contribution in [0.25, 0.3) is 0 Å². The van der Waals surface area contributed by atoms with Gasteiger partial charge in [0, 0.05) is 43.4 Å². The van der Waals surface area contributed by atoms with E-state index in [0.29, 0.717) is 18.1 Å². The standard InChI is InChI=1S/C21H25N3O3/c1-26-18-5-4-16-10-15(14-27-19(16)12-18)13-23-20-11-17(6-7-22-20)21(25)24-8-2-3-9-24/h4-7,11-12,15H,2-3,8-10,13-14H2,1H3,(H,22,23). The van der Waals surface area contributed by atoms with Gasteiger partial charge in [-0.1, -0.05) is 6.07 Å². The molecular weight excluding hydrogens is 342 g/mol. The Labute approximate surface area is 159 Å². The van der Waals surface area contributed by atoms with Crippen LogP contribution < -0.4 is 14.8 Å². The monoisotopic (exact) mass is 367 g/mol. The van der Waals surface area contributed by atoms with E-state index in [-0.39, 0.29) is 5.91 Å². The second-order valence-corrected chi connectivity index (χ2v) is 7.16. The molecule has 0 saturated carbocycles. The highest BCUT2D eigenvalue weighted by atomic mass is 16.5. The number of anilines is 1. The third-order valence-electron chi connectivity index (χ3n) is 5.23. The predicted octanol–water partition coefficient (Wildman–Crippen LogP) is 2.99. The first-order valence-electron chi connectivity index (χ1n) is 9.52. The minimum Gasteiger partial charge on any atom is -0.497 e. The van der Waals surface area contributed by atoms with Gasteiger partial charge < -0.3 is 19.7 Å². The van der Waals surface area contributed by atoms with Crippen molar-refractivity contribution in [2.24, 2.45) is 5.92 Å². The number of hydrogen-bond acceptors (Lipinski definition) is 5. The average molecular weight is 367 g/mol. The van der Waals surface area contributed by atoms with Crippen molar-refractivity contribution in [1.29, 1.82) is 0 Å². The maximum absolute atomic E-state index is 12.5. The van der Waals surface area contributed by atoms with Crippen molar-refractivity contribution < 1.29 is 14.3 Å². The van der Waals surface area contributed by atoms with Crippen LogP contribution in [0.1, 0.15) is 28.8 Å². The number of nitrogens with one attached hydrogen (secondary N) is 1. The van der Waals surface area contributed by atoms with Crippen molar-refractivity contribution in [1.82, 2.24) is 9.88 Å². The van der Waals surface area contributed by atoms with Gasteiger partial charge in [-0.25, -0.2) is 4.98 Å². The number of ether oxygens (including phenoxy) is 2. The summed E-state index contributed by atoms with van der Waals surface area (Å²) in [6.07, 6.45) is 4.83. The van der Waals surface area contributed by atoms with Gasteiger partial charge in [0.15, 0.2) is 0 Å². The molecule has 142 valence electrons. The van der Waals surface area contributed by atoms with E-state index in [1.165, 1.54) is 5.56 Å². The molecule has 27 heavy (non-hydrogen) atoms. The van der Waals surface area contributed by atoms with E-state index in [9.17, 15) is 4.79 Å². The van der Waals surface area contributed by atoms with Gasteiger partial charge in [-0.3, -0.25) is 4.79 Å². The first-order chi connectivity index (χ1) is 13.2. The molecule has 1 atom stereocenters. The number of methoxy groups -OCH3 is 1. The van der Waals surface area contributed by atoms with Crippen molar-refractivity contribution in [3.63, 3.8) is 0 Å². The maximum atomic E-state index is 12.5. The minimum atomic E-state index is 0.0989. The number of carbonyl (C=O) groups is 1. The quantitative estimate of drug-likeness (QED) is 0.880. The Morgan fingerprint density at radius 3 is 2.96 bits per heavy atom. The fourth-order valence-corrected chi connectivity index (χ4v) is 3.69. The largest absolute Gasteiger partial charge is 0.497 e. The zero-order chi connectivity index (χ0) is 18.6. The Balaban J connectivity index is 1.36. The van der Waals surface area contributed by atoms with Crippen molar-refractivity contribution in [3.8, 4) is 11.5 Å². The summed E-state index contributed by atoms with van der Waals surface area (Å²) in [6.45, 7) is 3.11. The lowest BCUT2D eigenvalue weighted by Crippen LogP contribution is -2.28. The molecule has 0 radical (unpaired) electrons. The SMILES string of the molecule is COc1ccc2c(c1)OCC(CNc1cc(C(=O)N3CCCC3)ccn1)C2. The molecule has 2 aliphatic heterocycles. The Hall–Kier alpha value is -2.76. The number of aromatic nitrogens is 1. The molecule has 6 nitrogen and oxygen atoms in total. The molecule has 2 aromatic rings. The van der Waals surface area contributed by atoms with Gasteiger partial charge in [0.05, 0.1) is 13.7 Å². The highest BCUT2D eigenvalue weighted by Crippen LogP contribution is 2.31. The van der Waals surface area contributed by atoms with Crippen molar-refractivity contribution in [3.05, 3.63) is 47.7 Å². The van der Waals surface area contributed by atoms with Gasteiger partial charge in [-0.05, 0) is 43.0 Å². The van der Waals surface area contributed by atoms with Crippen molar-refractivity contribution in [2.75, 3.05) is 38.7 Å². The number of benzene rings is 1. The van der Waals surface area contributed by atoms with E-state index in [1.807, 2.05) is 23.1 Å². The number of pyridine rings is 1. The van der Waals surface area contributed by atoms with E-state index < -0.39 is 0 Å². The molecule has 0 spiro atoms. The number of nitrogens with zero attached hydrogens (tertiary/aromatic N) is 2. The highest BCUT2D eigenvalue weighted by Gasteiger charge is 2.22. The Kier molecular flexibility index (Phi) is 5.14. The molecule has 2 aliphatic rings. The molecule has 1 amide bonds. The zero-order valence-electron chi connectivity index (χ0n) is 15.6. The van der Waals surface area contributed by atoms with Crippen LogP contribution in [0.3, 0.4) is 0 Å². The summed E-state index contributed by atoms with van der Waals surface area (Å²) >= 11 is 0. The lowest BCUT2D eigenvalue weighted by atomic mass is 9.96. The molecule has 3 heterocycles. The van der Waals surface area contributed by atoms with Gasteiger partial charge in [-0.15, -0.1) is 0 Å².